The van der Waals surface area contributed by atoms with E-state index in [0.717, 1.165) is 55.7 Å². The van der Waals surface area contributed by atoms with Gasteiger partial charge in [-0.05, 0) is 205 Å². The van der Waals surface area contributed by atoms with E-state index in [2.05, 4.69) is 270 Å². The fourth-order valence-electron chi connectivity index (χ4n) is 10.4. The highest BCUT2D eigenvalue weighted by Gasteiger charge is 2.10. The largest absolute Gasteiger partial charge is 0.133 e. The summed E-state index contributed by atoms with van der Waals surface area (Å²) >= 11 is 0. The molecule has 0 nitrogen and oxygen atoms in total. The molecule has 0 aliphatic rings. The van der Waals surface area contributed by atoms with E-state index in [4.69, 9.17) is 0 Å². The van der Waals surface area contributed by atoms with Crippen LogP contribution in [0.15, 0.2) is 182 Å². The van der Waals surface area contributed by atoms with Crippen molar-refractivity contribution in [2.45, 2.75) is 236 Å². The summed E-state index contributed by atoms with van der Waals surface area (Å²) in [4.78, 5) is 0. The lowest BCUT2D eigenvalue weighted by molar-refractivity contribution is 1.14. The first-order chi connectivity index (χ1) is 48.6. The highest BCUT2D eigenvalue weighted by molar-refractivity contribution is 7.16. The summed E-state index contributed by atoms with van der Waals surface area (Å²) in [6.07, 6.45) is 9.20. The van der Waals surface area contributed by atoms with Gasteiger partial charge in [0.05, 0.1) is 0 Å². The van der Waals surface area contributed by atoms with E-state index in [1.54, 1.807) is 0 Å². The molecule has 99 heavy (non-hydrogen) atoms. The minimum absolute atomic E-state index is 1.01. The SMILES string of the molecule is CC.CC.CC.CC.CC.CC.CC.CC.CC.CC.CC.CC.CCc1cc(CP)c2ccc3cc(CP)ccc3c2c1.Cc1ccc2c(ccc3cc(CP)ccc32)c1.PCc1ccc2c(ccc3cc(CP)c(CP)cc32)c1.PCc1ccc2c(ccc3cc(CP)ccc32)c1. The fraction of sp³-hybridized carbons (Fsp3) is 0.385. The fourth-order valence-corrected chi connectivity index (χ4v) is 12.8. The Balaban J connectivity index is -0.000000551. The average Bonchev–Trinajstić information content (AvgIpc) is 0.804. The number of hydrogen-bond donors (Lipinski definition) is 0. The van der Waals surface area contributed by atoms with Gasteiger partial charge in [0, 0.05) is 0 Å². The maximum absolute atomic E-state index is 2.86. The third-order valence-corrected chi connectivity index (χ3v) is 18.3. The predicted molar refractivity (Wildman–Crippen MR) is 503 cm³/mol. The lowest BCUT2D eigenvalue weighted by atomic mass is 9.95. The van der Waals surface area contributed by atoms with Gasteiger partial charge in [0.15, 0.2) is 0 Å². The number of hydrogen-bond acceptors (Lipinski definition) is 0. The molecule has 0 heterocycles. The van der Waals surface area contributed by atoms with Crippen molar-refractivity contribution in [2.24, 2.45) is 0 Å². The summed E-state index contributed by atoms with van der Waals surface area (Å²) in [5.74, 6) is 0. The van der Waals surface area contributed by atoms with Crippen LogP contribution in [0.2, 0.25) is 0 Å². The van der Waals surface area contributed by atoms with Crippen LogP contribution in [0.3, 0.4) is 0 Å². The minimum Gasteiger partial charge on any atom is -0.133 e. The Morgan fingerprint density at radius 1 is 0.182 bits per heavy atom. The molecular formula is C91H142P8. The average molecular weight is 1480 g/mol. The van der Waals surface area contributed by atoms with Crippen molar-refractivity contribution in [1.29, 1.82) is 0 Å². The molecule has 12 aromatic carbocycles. The zero-order valence-electron chi connectivity index (χ0n) is 67.3. The quantitative estimate of drug-likeness (QED) is 0.0998. The van der Waals surface area contributed by atoms with Gasteiger partial charge in [-0.3, -0.25) is 0 Å². The Morgan fingerprint density at radius 3 is 0.697 bits per heavy atom. The monoisotopic (exact) mass is 1480 g/mol. The predicted octanol–water partition coefficient (Wildman–Crippen LogP) is 32.2. The molecule has 0 saturated heterocycles. The van der Waals surface area contributed by atoms with Crippen molar-refractivity contribution in [3.63, 3.8) is 0 Å². The first-order valence-corrected chi connectivity index (χ1v) is 44.6. The van der Waals surface area contributed by atoms with E-state index in [-0.39, 0.29) is 0 Å². The van der Waals surface area contributed by atoms with Crippen molar-refractivity contribution in [3.8, 4) is 0 Å². The minimum atomic E-state index is 1.01. The van der Waals surface area contributed by atoms with Gasteiger partial charge in [-0.15, -0.1) is 73.9 Å². The van der Waals surface area contributed by atoms with Gasteiger partial charge < -0.3 is 0 Å². The van der Waals surface area contributed by atoms with Crippen LogP contribution < -0.4 is 0 Å². The third-order valence-electron chi connectivity index (χ3n) is 14.6. The first-order valence-electron chi connectivity index (χ1n) is 38.0. The van der Waals surface area contributed by atoms with Crippen molar-refractivity contribution in [1.82, 2.24) is 0 Å². The van der Waals surface area contributed by atoms with Crippen LogP contribution in [0.1, 0.15) is 229 Å². The van der Waals surface area contributed by atoms with Gasteiger partial charge in [0.2, 0.25) is 0 Å². The highest BCUT2D eigenvalue weighted by atomic mass is 31.0. The molecule has 0 aliphatic heterocycles. The summed E-state index contributed by atoms with van der Waals surface area (Å²) in [6.45, 7) is 52.4. The van der Waals surface area contributed by atoms with Gasteiger partial charge in [0.25, 0.3) is 0 Å². The Hall–Kier alpha value is -3.84. The van der Waals surface area contributed by atoms with Crippen LogP contribution in [0, 0.1) is 6.92 Å². The molecule has 8 unspecified atom stereocenters. The molecule has 546 valence electrons. The zero-order valence-corrected chi connectivity index (χ0v) is 76.5. The van der Waals surface area contributed by atoms with Crippen LogP contribution in [-0.2, 0) is 55.7 Å². The second kappa shape index (κ2) is 63.8. The molecule has 0 spiro atoms. The molecule has 0 saturated carbocycles. The molecular weight excluding hydrogens is 1340 g/mol. The van der Waals surface area contributed by atoms with Crippen molar-refractivity contribution in [2.75, 3.05) is 0 Å². The van der Waals surface area contributed by atoms with Crippen LogP contribution in [-0.4, -0.2) is 0 Å². The van der Waals surface area contributed by atoms with E-state index in [9.17, 15) is 0 Å². The summed E-state index contributed by atoms with van der Waals surface area (Å²) in [7, 11) is 22.5. The Labute approximate surface area is 629 Å². The smallest absolute Gasteiger partial charge is 0.00998 e. The highest BCUT2D eigenvalue weighted by Crippen LogP contribution is 2.34. The molecule has 12 aromatic rings. The molecule has 8 atom stereocenters. The molecule has 12 rings (SSSR count). The molecule has 0 N–H and O–H groups in total. The summed E-state index contributed by atoms with van der Waals surface area (Å²) in [5, 5.41) is 21.7. The molecule has 0 bridgehead atoms. The van der Waals surface area contributed by atoms with Gasteiger partial charge in [-0.1, -0.05) is 355 Å². The Morgan fingerprint density at radius 2 is 0.414 bits per heavy atom. The van der Waals surface area contributed by atoms with E-state index in [0.29, 0.717) is 0 Å². The van der Waals surface area contributed by atoms with E-state index >= 15 is 0 Å². The molecule has 0 aromatic heterocycles. The lowest BCUT2D eigenvalue weighted by Gasteiger charge is -2.11. The second-order valence-electron chi connectivity index (χ2n) is 19.4. The zero-order chi connectivity index (χ0) is 76.6. The Bertz CT molecular complexity index is 3950. The molecule has 0 aliphatic carbocycles. The Kier molecular flexibility index (Phi) is 65.4. The summed E-state index contributed by atoms with van der Waals surface area (Å²) in [5.41, 5.74) is 13.9. The summed E-state index contributed by atoms with van der Waals surface area (Å²) in [6, 6.07) is 67.9. The number of rotatable bonds is 9. The summed E-state index contributed by atoms with van der Waals surface area (Å²) < 4.78 is 0. The maximum atomic E-state index is 2.86. The van der Waals surface area contributed by atoms with Crippen molar-refractivity contribution >= 4 is 160 Å². The van der Waals surface area contributed by atoms with E-state index < -0.39 is 0 Å². The molecule has 0 fully saturated rings. The number of aryl methyl sites for hydroxylation is 2. The maximum Gasteiger partial charge on any atom is -0.00998 e. The standard InChI is InChI=1S/C18H20P2.C17H19P3.C16H16P2.C16H15P.12C2H6/c1-2-12-7-15(11-20)17-6-4-14-8-13(10-19)3-5-16(14)18(17)9-12;18-8-11-1-4-16-12(5-11)2-3-13-6-14(9-19)15(10-20)7-17(13)16;17-9-11-1-5-15-13(7-11)3-4-14-8-12(10-18)2-6-16(14)15;1-11-2-6-15-13(8-11)4-5-14-9-12(10-17)3-7-16(14)15;12*1-2/h3-9H,2,10-11,19-20H2,1H3;1-7H,8-10,18-20H2;1-8H,9-10,17-18H2;2-9H,10,17H2,1H3;12*1-2H3. The molecule has 0 amide bonds. The van der Waals surface area contributed by atoms with Gasteiger partial charge in [-0.2, -0.15) is 0 Å². The number of fused-ring (bicyclic) bond motifs is 12. The van der Waals surface area contributed by atoms with Gasteiger partial charge >= 0.3 is 0 Å². The topological polar surface area (TPSA) is 0 Å². The van der Waals surface area contributed by atoms with Crippen LogP contribution in [0.4, 0.5) is 0 Å². The van der Waals surface area contributed by atoms with Crippen LogP contribution in [0.5, 0.6) is 0 Å². The second-order valence-corrected chi connectivity index (χ2v) is 22.7. The lowest BCUT2D eigenvalue weighted by Crippen LogP contribution is -1.90. The van der Waals surface area contributed by atoms with E-state index in [1.165, 1.54) is 142 Å². The van der Waals surface area contributed by atoms with Crippen molar-refractivity contribution in [3.05, 3.63) is 238 Å². The van der Waals surface area contributed by atoms with Crippen LogP contribution in [0.25, 0.3) is 86.2 Å². The first kappa shape index (κ1) is 102. The number of benzene rings is 12. The third kappa shape index (κ3) is 31.2. The molecule has 0 radical (unpaired) electrons. The van der Waals surface area contributed by atoms with Gasteiger partial charge in [0.1, 0.15) is 0 Å². The van der Waals surface area contributed by atoms with Crippen molar-refractivity contribution < 1.29 is 0 Å². The molecule has 8 heteroatoms. The van der Waals surface area contributed by atoms with Crippen LogP contribution >= 0.6 is 73.9 Å². The van der Waals surface area contributed by atoms with E-state index in [1.807, 2.05) is 166 Å². The normalized spacial score (nSPS) is 9.27. The van der Waals surface area contributed by atoms with Gasteiger partial charge in [-0.25, -0.2) is 0 Å².